The minimum absolute atomic E-state index is 0.298. The van der Waals surface area contributed by atoms with Crippen molar-refractivity contribution >= 4 is 38.5 Å². The number of aryl methyl sites for hydroxylation is 1. The molecule has 29 heavy (non-hydrogen) atoms. The zero-order valence-electron chi connectivity index (χ0n) is 16.8. The topological polar surface area (TPSA) is 63.7 Å². The Bertz CT molecular complexity index is 1130. The van der Waals surface area contributed by atoms with Crippen LogP contribution in [0, 0.1) is 6.92 Å². The van der Waals surface area contributed by atoms with Crippen LogP contribution in [0.4, 0.5) is 0 Å². The van der Waals surface area contributed by atoms with Gasteiger partial charge in [-0.2, -0.15) is 0 Å². The van der Waals surface area contributed by atoms with Crippen LogP contribution in [0.2, 0.25) is 0 Å². The van der Waals surface area contributed by atoms with Crippen molar-refractivity contribution in [2.24, 2.45) is 4.99 Å². The van der Waals surface area contributed by atoms with Gasteiger partial charge in [0.25, 0.3) is 0 Å². The first-order valence-electron chi connectivity index (χ1n) is 9.70. The number of ether oxygens (including phenoxy) is 2. The Hall–Kier alpha value is -2.60. The molecule has 0 atom stereocenters. The minimum Gasteiger partial charge on any atom is -0.497 e. The number of hydrogen-bond donors (Lipinski definition) is 1. The molecule has 0 spiro atoms. The predicted molar refractivity (Wildman–Crippen MR) is 118 cm³/mol. The summed E-state index contributed by atoms with van der Waals surface area (Å²) in [6, 6.07) is 10.3. The summed E-state index contributed by atoms with van der Waals surface area (Å²) in [7, 11) is 1.69. The summed E-state index contributed by atoms with van der Waals surface area (Å²) in [5.41, 5.74) is 6.90. The lowest BCUT2D eigenvalue weighted by Gasteiger charge is -2.18. The van der Waals surface area contributed by atoms with Crippen LogP contribution in [0.1, 0.15) is 39.7 Å². The molecular formula is C23H23BrN2O3. The number of halogens is 1. The third kappa shape index (κ3) is 3.69. The van der Waals surface area contributed by atoms with Crippen LogP contribution < -0.4 is 4.74 Å². The Morgan fingerprint density at radius 3 is 2.86 bits per heavy atom. The summed E-state index contributed by atoms with van der Waals surface area (Å²) >= 11 is 3.66. The average molecular weight is 455 g/mol. The van der Waals surface area contributed by atoms with Gasteiger partial charge in [0.1, 0.15) is 5.75 Å². The summed E-state index contributed by atoms with van der Waals surface area (Å²) in [5.74, 6) is 0.573. The van der Waals surface area contributed by atoms with E-state index in [2.05, 4.69) is 45.2 Å². The molecule has 0 fully saturated rings. The molecule has 0 aliphatic carbocycles. The van der Waals surface area contributed by atoms with Gasteiger partial charge in [-0.15, -0.1) is 0 Å². The fourth-order valence-corrected chi connectivity index (χ4v) is 4.54. The van der Waals surface area contributed by atoms with E-state index in [0.717, 1.165) is 51.1 Å². The third-order valence-corrected chi connectivity index (χ3v) is 5.89. The molecule has 0 saturated carbocycles. The van der Waals surface area contributed by atoms with Crippen LogP contribution in [-0.4, -0.2) is 36.9 Å². The molecule has 2 heterocycles. The summed E-state index contributed by atoms with van der Waals surface area (Å²) in [5, 5.41) is 0.872. The summed E-state index contributed by atoms with van der Waals surface area (Å²) < 4.78 is 11.6. The smallest absolute Gasteiger partial charge is 0.340 e. The Morgan fingerprint density at radius 1 is 1.28 bits per heavy atom. The van der Waals surface area contributed by atoms with Gasteiger partial charge in [0.2, 0.25) is 0 Å². The van der Waals surface area contributed by atoms with Crippen molar-refractivity contribution in [3.05, 3.63) is 62.8 Å². The van der Waals surface area contributed by atoms with E-state index in [1.54, 1.807) is 7.11 Å². The van der Waals surface area contributed by atoms with Gasteiger partial charge in [0.05, 0.1) is 24.8 Å². The molecule has 0 amide bonds. The van der Waals surface area contributed by atoms with E-state index in [9.17, 15) is 4.79 Å². The molecule has 1 aliphatic rings. The molecule has 4 rings (SSSR count). The van der Waals surface area contributed by atoms with Gasteiger partial charge < -0.3 is 14.5 Å². The number of rotatable bonds is 5. The van der Waals surface area contributed by atoms with Gasteiger partial charge >= 0.3 is 5.97 Å². The van der Waals surface area contributed by atoms with E-state index in [0.29, 0.717) is 18.6 Å². The van der Waals surface area contributed by atoms with E-state index in [-0.39, 0.29) is 5.97 Å². The van der Waals surface area contributed by atoms with Crippen LogP contribution in [0.5, 0.6) is 5.75 Å². The normalized spacial score (nSPS) is 13.2. The van der Waals surface area contributed by atoms with Crippen LogP contribution in [0.15, 0.2) is 39.8 Å². The van der Waals surface area contributed by atoms with Gasteiger partial charge in [0.15, 0.2) is 0 Å². The second kappa shape index (κ2) is 8.03. The number of nitrogens with one attached hydrogen (secondary N) is 1. The first kappa shape index (κ1) is 19.7. The highest BCUT2D eigenvalue weighted by Gasteiger charge is 2.21. The second-order valence-corrected chi connectivity index (χ2v) is 7.98. The van der Waals surface area contributed by atoms with Gasteiger partial charge in [-0.1, -0.05) is 0 Å². The van der Waals surface area contributed by atoms with Gasteiger partial charge in [-0.3, -0.25) is 4.99 Å². The number of esters is 1. The Morgan fingerprint density at radius 2 is 2.10 bits per heavy atom. The first-order chi connectivity index (χ1) is 14.0. The molecule has 1 N–H and O–H groups in total. The van der Waals surface area contributed by atoms with Crippen LogP contribution in [-0.2, 0) is 17.6 Å². The zero-order chi connectivity index (χ0) is 20.5. The highest BCUT2D eigenvalue weighted by atomic mass is 79.9. The van der Waals surface area contributed by atoms with Crippen molar-refractivity contribution in [2.45, 2.75) is 26.7 Å². The molecule has 2 aromatic carbocycles. The Kier molecular flexibility index (Phi) is 5.46. The molecule has 6 heteroatoms. The van der Waals surface area contributed by atoms with E-state index >= 15 is 0 Å². The number of hydrogen-bond acceptors (Lipinski definition) is 4. The van der Waals surface area contributed by atoms with E-state index < -0.39 is 0 Å². The number of nitrogens with zero attached hydrogens (tertiary/aromatic N) is 1. The standard InChI is InChI=1S/C23H23BrN2O3/c1-4-29-23(27)21-13(2)26-22-18(21)9-14(10-19(22)24)11-20-17-6-5-16(28-3)12-15(17)7-8-25-20/h5-6,9-10,12,26H,4,7-8,11H2,1-3H3. The van der Waals surface area contributed by atoms with Gasteiger partial charge in [-0.25, -0.2) is 4.79 Å². The average Bonchev–Trinajstić information content (AvgIpc) is 3.04. The predicted octanol–water partition coefficient (Wildman–Crippen LogP) is 5.01. The number of fused-ring (bicyclic) bond motifs is 2. The number of carbonyl (C=O) groups is 1. The first-order valence-corrected chi connectivity index (χ1v) is 10.5. The maximum absolute atomic E-state index is 12.5. The monoisotopic (exact) mass is 454 g/mol. The van der Waals surface area contributed by atoms with Crippen molar-refractivity contribution < 1.29 is 14.3 Å². The molecule has 3 aromatic rings. The van der Waals surface area contributed by atoms with Crippen LogP contribution in [0.3, 0.4) is 0 Å². The Balaban J connectivity index is 1.73. The number of benzene rings is 2. The van der Waals surface area contributed by atoms with E-state index in [1.807, 2.05) is 19.9 Å². The molecule has 0 bridgehead atoms. The molecule has 150 valence electrons. The highest BCUT2D eigenvalue weighted by Crippen LogP contribution is 2.32. The molecule has 0 radical (unpaired) electrons. The molecule has 5 nitrogen and oxygen atoms in total. The molecule has 0 unspecified atom stereocenters. The van der Waals surface area contributed by atoms with Crippen molar-refractivity contribution in [1.82, 2.24) is 4.98 Å². The largest absolute Gasteiger partial charge is 0.497 e. The molecule has 1 aliphatic heterocycles. The number of H-pyrrole nitrogens is 1. The quantitative estimate of drug-likeness (QED) is 0.550. The van der Waals surface area contributed by atoms with Crippen LogP contribution in [0.25, 0.3) is 10.9 Å². The summed E-state index contributed by atoms with van der Waals surface area (Å²) in [6.45, 7) is 4.84. The Labute approximate surface area is 178 Å². The lowest BCUT2D eigenvalue weighted by molar-refractivity contribution is 0.0528. The number of aliphatic imine (C=N–C) groups is 1. The van der Waals surface area contributed by atoms with Crippen molar-refractivity contribution in [3.8, 4) is 5.75 Å². The number of aromatic amines is 1. The highest BCUT2D eigenvalue weighted by molar-refractivity contribution is 9.10. The maximum atomic E-state index is 12.5. The number of aromatic nitrogens is 1. The van der Waals surface area contributed by atoms with Crippen LogP contribution >= 0.6 is 15.9 Å². The minimum atomic E-state index is -0.298. The maximum Gasteiger partial charge on any atom is 0.340 e. The van der Waals surface area contributed by atoms with Gasteiger partial charge in [0, 0.05) is 34.2 Å². The van der Waals surface area contributed by atoms with Crippen molar-refractivity contribution in [3.63, 3.8) is 0 Å². The summed E-state index contributed by atoms with van der Waals surface area (Å²) in [6.07, 6.45) is 1.61. The van der Waals surface area contributed by atoms with E-state index in [4.69, 9.17) is 14.5 Å². The molecular weight excluding hydrogens is 432 g/mol. The van der Waals surface area contributed by atoms with Crippen molar-refractivity contribution in [1.29, 1.82) is 0 Å². The second-order valence-electron chi connectivity index (χ2n) is 7.12. The molecule has 1 aromatic heterocycles. The fourth-order valence-electron chi connectivity index (χ4n) is 3.93. The number of methoxy groups -OCH3 is 1. The SMILES string of the molecule is CCOC(=O)c1c(C)[nH]c2c(Br)cc(CC3=NCCc4cc(OC)ccc43)cc12. The third-order valence-electron chi connectivity index (χ3n) is 5.27. The lowest BCUT2D eigenvalue weighted by Crippen LogP contribution is -2.15. The van der Waals surface area contributed by atoms with E-state index in [1.165, 1.54) is 11.1 Å². The van der Waals surface area contributed by atoms with Gasteiger partial charge in [-0.05, 0) is 83.2 Å². The lowest BCUT2D eigenvalue weighted by atomic mass is 9.93. The number of carbonyl (C=O) groups excluding carboxylic acids is 1. The fraction of sp³-hybridized carbons (Fsp3) is 0.304. The summed E-state index contributed by atoms with van der Waals surface area (Å²) in [4.78, 5) is 20.6. The molecule has 0 saturated heterocycles. The van der Waals surface area contributed by atoms with Crippen molar-refractivity contribution in [2.75, 3.05) is 20.3 Å². The zero-order valence-corrected chi connectivity index (χ0v) is 18.4.